The highest BCUT2D eigenvalue weighted by Crippen LogP contribution is 2.30. The average molecular weight is 306 g/mol. The maximum Gasteiger partial charge on any atom is 0.258 e. The Hall–Kier alpha value is -0.590. The van der Waals surface area contributed by atoms with Crippen molar-refractivity contribution in [2.24, 2.45) is 18.9 Å². The molecular formula is C12H20ClN3O2S. The predicted molar refractivity (Wildman–Crippen MR) is 74.5 cm³/mol. The van der Waals surface area contributed by atoms with Crippen LogP contribution in [0.1, 0.15) is 33.1 Å². The normalized spacial score (nSPS) is 28.5. The van der Waals surface area contributed by atoms with Gasteiger partial charge in [0.05, 0.1) is 6.20 Å². The summed E-state index contributed by atoms with van der Waals surface area (Å²) in [5.41, 5.74) is 0. The fraction of sp³-hybridized carbons (Fsp3) is 0.750. The Bertz CT molecular complexity index is 555. The minimum Gasteiger partial charge on any atom is -0.308 e. The minimum absolute atomic E-state index is 0.0116. The zero-order valence-electron chi connectivity index (χ0n) is 11.4. The largest absolute Gasteiger partial charge is 0.308 e. The summed E-state index contributed by atoms with van der Waals surface area (Å²) in [6, 6.07) is -0.0116. The molecule has 0 spiro atoms. The van der Waals surface area contributed by atoms with Gasteiger partial charge in [-0.05, 0) is 29.9 Å². The van der Waals surface area contributed by atoms with Crippen LogP contribution in [0.15, 0.2) is 11.2 Å². The number of rotatable bonds is 3. The summed E-state index contributed by atoms with van der Waals surface area (Å²) in [5, 5.41) is 0.286. The molecule has 5 nitrogen and oxygen atoms in total. The first-order chi connectivity index (χ1) is 8.83. The fourth-order valence-electron chi connectivity index (χ4n) is 2.63. The lowest BCUT2D eigenvalue weighted by molar-refractivity contribution is 0.226. The van der Waals surface area contributed by atoms with Crippen molar-refractivity contribution >= 4 is 21.6 Å². The molecule has 1 saturated carbocycles. The summed E-state index contributed by atoms with van der Waals surface area (Å²) in [6.07, 6.45) is 4.40. The molecule has 3 atom stereocenters. The number of aromatic nitrogens is 2. The van der Waals surface area contributed by atoms with Crippen LogP contribution in [0.25, 0.3) is 0 Å². The van der Waals surface area contributed by atoms with E-state index in [2.05, 4.69) is 23.6 Å². The van der Waals surface area contributed by atoms with Gasteiger partial charge < -0.3 is 4.57 Å². The first-order valence-electron chi connectivity index (χ1n) is 6.52. The molecule has 19 heavy (non-hydrogen) atoms. The second-order valence-corrected chi connectivity index (χ2v) is 7.42. The summed E-state index contributed by atoms with van der Waals surface area (Å²) < 4.78 is 28.9. The van der Waals surface area contributed by atoms with Crippen molar-refractivity contribution in [3.8, 4) is 0 Å². The van der Waals surface area contributed by atoms with Gasteiger partial charge in [-0.3, -0.25) is 0 Å². The fourth-order valence-corrected chi connectivity index (χ4v) is 4.31. The highest BCUT2D eigenvalue weighted by molar-refractivity contribution is 7.89. The number of nitrogens with zero attached hydrogens (tertiary/aromatic N) is 2. The van der Waals surface area contributed by atoms with Crippen molar-refractivity contribution in [1.29, 1.82) is 0 Å². The van der Waals surface area contributed by atoms with Crippen molar-refractivity contribution in [1.82, 2.24) is 14.3 Å². The molecule has 1 N–H and O–H groups in total. The lowest BCUT2D eigenvalue weighted by atomic mass is 9.78. The standard InChI is InChI=1S/C12H20ClN3O2S/c1-8-5-4-6-10(9(8)2)15-19(17,18)11-7-14-12(13)16(11)3/h7-10,15H,4-6H2,1-3H3/t8-,9-,10+/m1/s1. The zero-order chi connectivity index (χ0) is 14.2. The molecular weight excluding hydrogens is 286 g/mol. The molecule has 0 bridgehead atoms. The quantitative estimate of drug-likeness (QED) is 0.931. The molecule has 1 aliphatic rings. The van der Waals surface area contributed by atoms with Crippen LogP contribution in [0.3, 0.4) is 0 Å². The zero-order valence-corrected chi connectivity index (χ0v) is 13.0. The number of nitrogens with one attached hydrogen (secondary N) is 1. The van der Waals surface area contributed by atoms with Crippen LogP contribution in [0.5, 0.6) is 0 Å². The molecule has 7 heteroatoms. The van der Waals surface area contributed by atoms with Crippen LogP contribution in [0.4, 0.5) is 0 Å². The highest BCUT2D eigenvalue weighted by Gasteiger charge is 2.32. The monoisotopic (exact) mass is 305 g/mol. The molecule has 0 aliphatic heterocycles. The van der Waals surface area contributed by atoms with E-state index in [4.69, 9.17) is 11.6 Å². The number of halogens is 1. The number of hydrogen-bond acceptors (Lipinski definition) is 3. The van der Waals surface area contributed by atoms with Gasteiger partial charge in [0.1, 0.15) is 0 Å². The highest BCUT2D eigenvalue weighted by atomic mass is 35.5. The van der Waals surface area contributed by atoms with Gasteiger partial charge in [-0.1, -0.05) is 26.7 Å². The Balaban J connectivity index is 2.20. The van der Waals surface area contributed by atoms with Gasteiger partial charge in [-0.2, -0.15) is 0 Å². The van der Waals surface area contributed by atoms with E-state index in [-0.39, 0.29) is 16.4 Å². The molecule has 0 radical (unpaired) electrons. The van der Waals surface area contributed by atoms with E-state index >= 15 is 0 Å². The van der Waals surface area contributed by atoms with Gasteiger partial charge >= 0.3 is 0 Å². The van der Waals surface area contributed by atoms with Crippen molar-refractivity contribution in [2.45, 2.75) is 44.2 Å². The molecule has 0 aromatic carbocycles. The molecule has 0 unspecified atom stereocenters. The maximum absolute atomic E-state index is 12.4. The molecule has 1 aliphatic carbocycles. The number of hydrogen-bond donors (Lipinski definition) is 1. The van der Waals surface area contributed by atoms with Crippen molar-refractivity contribution in [2.75, 3.05) is 0 Å². The predicted octanol–water partition coefficient (Wildman–Crippen LogP) is 2.18. The number of imidazole rings is 1. The Labute approximate surface area is 119 Å². The Kier molecular flexibility index (Phi) is 4.23. The SMILES string of the molecule is C[C@@H]1[C@H](C)CCC[C@@H]1NS(=O)(=O)c1cnc(Cl)n1C. The third-order valence-electron chi connectivity index (χ3n) is 4.18. The van der Waals surface area contributed by atoms with Crippen LogP contribution in [0, 0.1) is 11.8 Å². The molecule has 0 amide bonds. The van der Waals surface area contributed by atoms with Crippen LogP contribution < -0.4 is 4.72 Å². The lowest BCUT2D eigenvalue weighted by Gasteiger charge is -2.34. The van der Waals surface area contributed by atoms with Crippen LogP contribution in [-0.4, -0.2) is 24.0 Å². The molecule has 108 valence electrons. The van der Waals surface area contributed by atoms with E-state index in [0.717, 1.165) is 19.3 Å². The molecule has 1 heterocycles. The van der Waals surface area contributed by atoms with Crippen LogP contribution >= 0.6 is 11.6 Å². The van der Waals surface area contributed by atoms with E-state index in [1.165, 1.54) is 10.8 Å². The average Bonchev–Trinajstić information content (AvgIpc) is 2.66. The van der Waals surface area contributed by atoms with Gasteiger partial charge in [-0.25, -0.2) is 18.1 Å². The molecule has 1 aromatic heterocycles. The van der Waals surface area contributed by atoms with Crippen LogP contribution in [0.2, 0.25) is 5.28 Å². The topological polar surface area (TPSA) is 64.0 Å². The summed E-state index contributed by atoms with van der Waals surface area (Å²) in [7, 11) is -1.97. The Morgan fingerprint density at radius 2 is 2.11 bits per heavy atom. The molecule has 1 fully saturated rings. The number of sulfonamides is 1. The molecule has 0 saturated heterocycles. The van der Waals surface area contributed by atoms with E-state index in [0.29, 0.717) is 11.8 Å². The third-order valence-corrected chi connectivity index (χ3v) is 6.07. The molecule has 1 aromatic rings. The van der Waals surface area contributed by atoms with E-state index < -0.39 is 10.0 Å². The van der Waals surface area contributed by atoms with Gasteiger partial charge in [0.25, 0.3) is 10.0 Å². The summed E-state index contributed by atoms with van der Waals surface area (Å²) in [6.45, 7) is 4.28. The summed E-state index contributed by atoms with van der Waals surface area (Å²) in [5.74, 6) is 0.879. The first-order valence-corrected chi connectivity index (χ1v) is 8.38. The van der Waals surface area contributed by atoms with Gasteiger partial charge in [0.15, 0.2) is 5.03 Å². The third kappa shape index (κ3) is 2.95. The summed E-state index contributed by atoms with van der Waals surface area (Å²) in [4.78, 5) is 3.82. The van der Waals surface area contributed by atoms with Gasteiger partial charge in [0, 0.05) is 13.1 Å². The first kappa shape index (κ1) is 14.8. The second-order valence-electron chi connectivity index (χ2n) is 5.42. The summed E-state index contributed by atoms with van der Waals surface area (Å²) >= 11 is 5.79. The van der Waals surface area contributed by atoms with Gasteiger partial charge in [0.2, 0.25) is 5.28 Å². The van der Waals surface area contributed by atoms with E-state index in [9.17, 15) is 8.42 Å². The van der Waals surface area contributed by atoms with Crippen molar-refractivity contribution in [3.63, 3.8) is 0 Å². The van der Waals surface area contributed by atoms with E-state index in [1.54, 1.807) is 7.05 Å². The lowest BCUT2D eigenvalue weighted by Crippen LogP contribution is -2.44. The minimum atomic E-state index is -3.56. The second kappa shape index (κ2) is 5.42. The van der Waals surface area contributed by atoms with Gasteiger partial charge in [-0.15, -0.1) is 0 Å². The Morgan fingerprint density at radius 3 is 2.68 bits per heavy atom. The smallest absolute Gasteiger partial charge is 0.258 e. The van der Waals surface area contributed by atoms with Crippen LogP contribution in [-0.2, 0) is 17.1 Å². The molecule has 2 rings (SSSR count). The van der Waals surface area contributed by atoms with Crippen molar-refractivity contribution in [3.05, 3.63) is 11.5 Å². The van der Waals surface area contributed by atoms with Crippen molar-refractivity contribution < 1.29 is 8.42 Å². The maximum atomic E-state index is 12.4. The van der Waals surface area contributed by atoms with E-state index in [1.807, 2.05) is 0 Å². The Morgan fingerprint density at radius 1 is 1.42 bits per heavy atom.